The Bertz CT molecular complexity index is 2680. The van der Waals surface area contributed by atoms with Crippen LogP contribution in [0.5, 0.6) is 0 Å². The molecule has 76 heavy (non-hydrogen) atoms. The molecular formula is C58H79F2N9O7. The maximum atomic E-state index is 15.9. The zero-order valence-corrected chi connectivity index (χ0v) is 46.1. The van der Waals surface area contributed by atoms with E-state index in [1.807, 2.05) is 90.1 Å². The van der Waals surface area contributed by atoms with Crippen molar-refractivity contribution in [1.82, 2.24) is 46.6 Å². The fraction of sp³-hybridized carbons (Fsp3) is 0.569. The summed E-state index contributed by atoms with van der Waals surface area (Å²) in [5, 5.41) is 18.0. The predicted octanol–water partition coefficient (Wildman–Crippen LogP) is 5.15. The van der Waals surface area contributed by atoms with Gasteiger partial charge >= 0.3 is 0 Å². The zero-order chi connectivity index (χ0) is 55.6. The molecule has 1 unspecified atom stereocenters. The Kier molecular flexibility index (Phi) is 17.5. The third-order valence-corrected chi connectivity index (χ3v) is 16.2. The van der Waals surface area contributed by atoms with Gasteiger partial charge in [0.2, 0.25) is 41.4 Å². The van der Waals surface area contributed by atoms with Gasteiger partial charge in [-0.3, -0.25) is 33.6 Å². The van der Waals surface area contributed by atoms with Crippen LogP contribution in [0, 0.1) is 27.9 Å². The van der Waals surface area contributed by atoms with Crippen molar-refractivity contribution in [2.24, 2.45) is 16.2 Å². The van der Waals surface area contributed by atoms with Crippen LogP contribution in [-0.2, 0) is 52.9 Å². The number of benzene rings is 3. The average Bonchev–Trinajstić information content (AvgIpc) is 4.09. The fourth-order valence-electron chi connectivity index (χ4n) is 10.9. The maximum absolute atomic E-state index is 15.9. The molecule has 412 valence electrons. The number of hydrogen-bond acceptors (Lipinski definition) is 9. The minimum atomic E-state index is -1.23. The molecule has 7 amide bonds. The summed E-state index contributed by atoms with van der Waals surface area (Å²) < 4.78 is 31.0. The summed E-state index contributed by atoms with van der Waals surface area (Å²) in [6.45, 7) is 15.6. The van der Waals surface area contributed by atoms with E-state index in [9.17, 15) is 19.2 Å². The number of nitrogens with zero attached hydrogens (tertiary/aromatic N) is 3. The van der Waals surface area contributed by atoms with E-state index in [1.54, 1.807) is 34.9 Å². The average molecular weight is 1050 g/mol. The molecule has 0 aromatic heterocycles. The Labute approximate surface area is 446 Å². The van der Waals surface area contributed by atoms with E-state index in [0.717, 1.165) is 41.2 Å². The summed E-state index contributed by atoms with van der Waals surface area (Å²) in [4.78, 5) is 106. The Morgan fingerprint density at radius 1 is 0.711 bits per heavy atom. The van der Waals surface area contributed by atoms with Crippen LogP contribution < -0.4 is 31.9 Å². The Balaban J connectivity index is 1.21. The monoisotopic (exact) mass is 1050 g/mol. The lowest BCUT2D eigenvalue weighted by Gasteiger charge is -2.44. The van der Waals surface area contributed by atoms with Gasteiger partial charge in [0.1, 0.15) is 24.2 Å². The third-order valence-electron chi connectivity index (χ3n) is 16.2. The molecule has 4 aliphatic rings. The van der Waals surface area contributed by atoms with Gasteiger partial charge in [-0.25, -0.2) is 8.78 Å². The highest BCUT2D eigenvalue weighted by Gasteiger charge is 2.55. The highest BCUT2D eigenvalue weighted by molar-refractivity contribution is 5.96. The van der Waals surface area contributed by atoms with Gasteiger partial charge in [0.05, 0.1) is 29.6 Å². The molecule has 9 atom stereocenters. The lowest BCUT2D eigenvalue weighted by atomic mass is 9.84. The first-order valence-electron chi connectivity index (χ1n) is 26.9. The molecule has 2 fully saturated rings. The van der Waals surface area contributed by atoms with Crippen LogP contribution in [0.15, 0.2) is 66.7 Å². The topological polar surface area (TPSA) is 201 Å². The van der Waals surface area contributed by atoms with Crippen molar-refractivity contribution in [2.75, 3.05) is 27.2 Å². The van der Waals surface area contributed by atoms with E-state index in [2.05, 4.69) is 31.9 Å². The maximum Gasteiger partial charge on any atom is 0.246 e. The summed E-state index contributed by atoms with van der Waals surface area (Å²) in [6.07, 6.45) is 3.19. The molecule has 1 saturated heterocycles. The summed E-state index contributed by atoms with van der Waals surface area (Å²) in [5.41, 5.74) is 0.812. The first-order valence-corrected chi connectivity index (χ1v) is 26.9. The number of aryl methyl sites for hydroxylation is 1. The van der Waals surface area contributed by atoms with E-state index < -0.39 is 118 Å². The fourth-order valence-corrected chi connectivity index (χ4v) is 10.9. The lowest BCUT2D eigenvalue weighted by molar-refractivity contribution is -0.153. The second-order valence-electron chi connectivity index (χ2n) is 23.7. The largest absolute Gasteiger partial charge is 0.351 e. The number of rotatable bonds is 17. The van der Waals surface area contributed by atoms with E-state index in [-0.39, 0.29) is 44.1 Å². The number of nitrogens with one attached hydrogen (secondary N) is 6. The Morgan fingerprint density at radius 2 is 1.28 bits per heavy atom. The van der Waals surface area contributed by atoms with Gasteiger partial charge in [-0.2, -0.15) is 0 Å². The minimum absolute atomic E-state index is 0.0186. The van der Waals surface area contributed by atoms with Crippen molar-refractivity contribution < 1.29 is 42.3 Å². The van der Waals surface area contributed by atoms with Crippen molar-refractivity contribution in [1.29, 1.82) is 0 Å². The smallest absolute Gasteiger partial charge is 0.246 e. The molecule has 16 nitrogen and oxygen atoms in total. The van der Waals surface area contributed by atoms with Crippen molar-refractivity contribution in [3.05, 3.63) is 106 Å². The number of fused-ring (bicyclic) bond motifs is 2. The van der Waals surface area contributed by atoms with Gasteiger partial charge in [-0.15, -0.1) is 0 Å². The first kappa shape index (κ1) is 57.4. The second kappa shape index (κ2) is 23.1. The van der Waals surface area contributed by atoms with Crippen molar-refractivity contribution in [3.63, 3.8) is 0 Å². The summed E-state index contributed by atoms with van der Waals surface area (Å²) in [6, 6.07) is 11.4. The number of hydrogen-bond donors (Lipinski definition) is 6. The van der Waals surface area contributed by atoms with Gasteiger partial charge in [0.25, 0.3) is 0 Å². The van der Waals surface area contributed by atoms with Crippen LogP contribution in [0.4, 0.5) is 8.78 Å². The van der Waals surface area contributed by atoms with Crippen molar-refractivity contribution in [2.45, 2.75) is 168 Å². The second-order valence-corrected chi connectivity index (χ2v) is 23.7. The number of carbonyl (C=O) groups excluding carboxylic acids is 7. The Morgan fingerprint density at radius 3 is 1.86 bits per heavy atom. The van der Waals surface area contributed by atoms with E-state index in [1.165, 1.54) is 26.8 Å². The molecule has 1 saturated carbocycles. The van der Waals surface area contributed by atoms with E-state index in [4.69, 9.17) is 0 Å². The number of likely N-dealkylation sites (N-methyl/N-ethyl adjacent to an activating group) is 2. The molecule has 6 N–H and O–H groups in total. The van der Waals surface area contributed by atoms with Crippen molar-refractivity contribution in [3.8, 4) is 0 Å². The van der Waals surface area contributed by atoms with E-state index >= 15 is 23.2 Å². The number of carbonyl (C=O) groups is 7. The molecule has 3 aromatic rings. The van der Waals surface area contributed by atoms with Crippen LogP contribution in [0.25, 0.3) is 0 Å². The normalized spacial score (nSPS) is 21.9. The van der Waals surface area contributed by atoms with Gasteiger partial charge in [-0.05, 0) is 113 Å². The molecule has 2 heterocycles. The SMILES string of the molecule is CN[C@@H](C)C(=O)NC(C(=O)N1Cc2ccccc2C[C@H]1C(=O)N(CC1(C(=O)N[C@H]2C[C@@H](C(=O)N[C@@H]3CCCc4ccccc43)N(C(=O)[C@@H](NC(=O)[C@H](C)NC)C(C)(C)C)C2)CC1)[C@H](C)c1cccc(F)c1F)C(C)(C)C. The molecule has 7 rings (SSSR count). The van der Waals surface area contributed by atoms with Gasteiger partial charge in [-0.1, -0.05) is 102 Å². The van der Waals surface area contributed by atoms with Gasteiger partial charge in [0, 0.05) is 37.7 Å². The highest BCUT2D eigenvalue weighted by atomic mass is 19.2. The molecule has 0 radical (unpaired) electrons. The quantitative estimate of drug-likeness (QED) is 0.106. The summed E-state index contributed by atoms with van der Waals surface area (Å²) >= 11 is 0. The Hall–Kier alpha value is -6.27. The molecule has 2 aliphatic carbocycles. The van der Waals surface area contributed by atoms with Gasteiger partial charge in [0.15, 0.2) is 11.6 Å². The van der Waals surface area contributed by atoms with Gasteiger partial charge < -0.3 is 46.6 Å². The van der Waals surface area contributed by atoms with Crippen LogP contribution in [0.3, 0.4) is 0 Å². The number of amides is 7. The van der Waals surface area contributed by atoms with Crippen LogP contribution in [-0.4, -0.2) is 126 Å². The number of halogens is 2. The first-order chi connectivity index (χ1) is 35.8. The van der Waals surface area contributed by atoms with Crippen LogP contribution >= 0.6 is 0 Å². The third kappa shape index (κ3) is 12.4. The number of likely N-dealkylation sites (tertiary alicyclic amines) is 1. The molecule has 18 heteroatoms. The summed E-state index contributed by atoms with van der Waals surface area (Å²) in [5.74, 6) is -5.49. The zero-order valence-electron chi connectivity index (χ0n) is 46.1. The molecule has 0 spiro atoms. The highest BCUT2D eigenvalue weighted by Crippen LogP contribution is 2.49. The standard InChI is InChI=1S/C58H79F2N9O7/c1-33(61-10)49(70)65-47(56(4,5)6)53(74)67-30-38-20-13-12-19-37(38)28-45(67)52(73)69(35(3)40-23-17-24-42(59)46(40)60)32-58(26-27-58)55(76)63-39-29-44(51(72)64-43-25-16-21-36-18-14-15-22-41(36)43)68(31-39)54(75)48(57(7,8)9)66-50(71)34(2)62-11/h12-15,17-20,22-24,33-35,39,43-45,47-48,61-62H,16,21,25-32H2,1-11H3,(H,63,76)(H,64,72)(H,65,70)(H,66,71)/t33-,34-,35+,39-,43+,44-,45-,47?,48+/m0/s1. The molecule has 3 aromatic carbocycles. The minimum Gasteiger partial charge on any atom is -0.351 e. The van der Waals surface area contributed by atoms with Crippen LogP contribution in [0.2, 0.25) is 0 Å². The van der Waals surface area contributed by atoms with Crippen molar-refractivity contribution >= 4 is 41.4 Å². The predicted molar refractivity (Wildman–Crippen MR) is 285 cm³/mol. The molecule has 0 bridgehead atoms. The lowest BCUT2D eigenvalue weighted by Crippen LogP contribution is -2.62. The summed E-state index contributed by atoms with van der Waals surface area (Å²) in [7, 11) is 3.27. The van der Waals surface area contributed by atoms with E-state index in [0.29, 0.717) is 19.3 Å². The van der Waals surface area contributed by atoms with Crippen LogP contribution in [0.1, 0.15) is 134 Å². The molecule has 2 aliphatic heterocycles. The molecular weight excluding hydrogens is 973 g/mol.